The lowest BCUT2D eigenvalue weighted by atomic mass is 10.2. The second-order valence-corrected chi connectivity index (χ2v) is 4.51. The number of fused-ring (bicyclic) bond motifs is 1. The van der Waals surface area contributed by atoms with Crippen molar-refractivity contribution in [3.05, 3.63) is 48.3 Å². The zero-order valence-electron chi connectivity index (χ0n) is 10.6. The summed E-state index contributed by atoms with van der Waals surface area (Å²) in [6.07, 6.45) is 4.10. The molecule has 2 aromatic heterocycles. The van der Waals surface area contributed by atoms with Gasteiger partial charge in [0, 0.05) is 50.0 Å². The van der Waals surface area contributed by atoms with Gasteiger partial charge in [-0.3, -0.25) is 4.68 Å². The monoisotopic (exact) mass is 240 g/mol. The summed E-state index contributed by atoms with van der Waals surface area (Å²) in [5.41, 5.74) is 2.55. The quantitative estimate of drug-likeness (QED) is 0.763. The number of aryl methyl sites for hydroxylation is 2. The van der Waals surface area contributed by atoms with Crippen molar-refractivity contribution in [1.29, 1.82) is 0 Å². The molecule has 18 heavy (non-hydrogen) atoms. The molecule has 1 N–H and O–H groups in total. The fourth-order valence-corrected chi connectivity index (χ4v) is 2.26. The number of aromatic nitrogens is 3. The van der Waals surface area contributed by atoms with Crippen LogP contribution in [0.2, 0.25) is 0 Å². The Morgan fingerprint density at radius 3 is 2.78 bits per heavy atom. The second-order valence-electron chi connectivity index (χ2n) is 4.51. The highest BCUT2D eigenvalue weighted by atomic mass is 15.3. The molecule has 0 radical (unpaired) electrons. The first-order chi connectivity index (χ1) is 8.74. The van der Waals surface area contributed by atoms with Crippen molar-refractivity contribution < 1.29 is 0 Å². The molecule has 2 heterocycles. The Balaban J connectivity index is 1.86. The van der Waals surface area contributed by atoms with E-state index in [2.05, 4.69) is 52.5 Å². The summed E-state index contributed by atoms with van der Waals surface area (Å²) in [7, 11) is 4.00. The lowest BCUT2D eigenvalue weighted by Crippen LogP contribution is -2.00. The summed E-state index contributed by atoms with van der Waals surface area (Å²) in [5.74, 6) is 0.908. The fourth-order valence-electron chi connectivity index (χ4n) is 2.26. The molecule has 0 bridgehead atoms. The summed E-state index contributed by atoms with van der Waals surface area (Å²) in [6, 6.07) is 10.4. The molecule has 3 rings (SSSR count). The molecule has 0 aliphatic rings. The highest BCUT2D eigenvalue weighted by Gasteiger charge is 2.05. The average molecular weight is 240 g/mol. The number of nitrogens with one attached hydrogen (secondary N) is 1. The number of anilines is 1. The predicted molar refractivity (Wildman–Crippen MR) is 73.5 cm³/mol. The molecule has 0 spiro atoms. The molecule has 4 nitrogen and oxygen atoms in total. The predicted octanol–water partition coefficient (Wildman–Crippen LogP) is 2.52. The molecular weight excluding hydrogens is 224 g/mol. The second kappa shape index (κ2) is 4.22. The Morgan fingerprint density at radius 1 is 1.17 bits per heavy atom. The standard InChI is InChI=1S/C14H16N4/c1-17-10-11(12-5-3-4-6-13(12)17)9-15-14-7-8-18(2)16-14/h3-8,10H,9H2,1-2H3,(H,15,16). The van der Waals surface area contributed by atoms with Crippen LogP contribution in [-0.2, 0) is 20.6 Å². The van der Waals surface area contributed by atoms with Crippen LogP contribution < -0.4 is 5.32 Å². The first kappa shape index (κ1) is 10.9. The summed E-state index contributed by atoms with van der Waals surface area (Å²) in [4.78, 5) is 0. The van der Waals surface area contributed by atoms with Crippen molar-refractivity contribution in [2.75, 3.05) is 5.32 Å². The minimum Gasteiger partial charge on any atom is -0.364 e. The molecule has 0 aliphatic carbocycles. The van der Waals surface area contributed by atoms with Gasteiger partial charge in [-0.05, 0) is 11.6 Å². The first-order valence-electron chi connectivity index (χ1n) is 6.00. The average Bonchev–Trinajstić information content (AvgIpc) is 2.92. The molecule has 0 atom stereocenters. The van der Waals surface area contributed by atoms with Gasteiger partial charge < -0.3 is 9.88 Å². The van der Waals surface area contributed by atoms with Crippen molar-refractivity contribution in [2.45, 2.75) is 6.54 Å². The van der Waals surface area contributed by atoms with Crippen LogP contribution in [0.25, 0.3) is 10.9 Å². The van der Waals surface area contributed by atoms with Crippen molar-refractivity contribution in [2.24, 2.45) is 14.1 Å². The van der Waals surface area contributed by atoms with Crippen LogP contribution in [0.3, 0.4) is 0 Å². The Labute approximate surface area is 106 Å². The number of hydrogen-bond donors (Lipinski definition) is 1. The molecule has 0 aliphatic heterocycles. The van der Waals surface area contributed by atoms with Crippen LogP contribution in [0.15, 0.2) is 42.7 Å². The van der Waals surface area contributed by atoms with E-state index in [9.17, 15) is 0 Å². The summed E-state index contributed by atoms with van der Waals surface area (Å²) < 4.78 is 3.95. The van der Waals surface area contributed by atoms with Crippen LogP contribution >= 0.6 is 0 Å². The van der Waals surface area contributed by atoms with E-state index in [-0.39, 0.29) is 0 Å². The van der Waals surface area contributed by atoms with Gasteiger partial charge in [0.05, 0.1) is 0 Å². The van der Waals surface area contributed by atoms with Gasteiger partial charge in [-0.2, -0.15) is 5.10 Å². The van der Waals surface area contributed by atoms with Crippen molar-refractivity contribution in [3.63, 3.8) is 0 Å². The van der Waals surface area contributed by atoms with Gasteiger partial charge in [0.1, 0.15) is 5.82 Å². The van der Waals surface area contributed by atoms with Crippen LogP contribution in [0, 0.1) is 0 Å². The maximum absolute atomic E-state index is 4.31. The van der Waals surface area contributed by atoms with E-state index in [0.717, 1.165) is 12.4 Å². The molecule has 0 saturated heterocycles. The van der Waals surface area contributed by atoms with Crippen molar-refractivity contribution >= 4 is 16.7 Å². The van der Waals surface area contributed by atoms with Gasteiger partial charge in [-0.1, -0.05) is 18.2 Å². The van der Waals surface area contributed by atoms with Gasteiger partial charge in [0.2, 0.25) is 0 Å². The topological polar surface area (TPSA) is 34.8 Å². The Bertz CT molecular complexity index is 678. The van der Waals surface area contributed by atoms with Gasteiger partial charge >= 0.3 is 0 Å². The number of para-hydroxylation sites is 1. The lowest BCUT2D eigenvalue weighted by Gasteiger charge is -2.01. The molecule has 0 saturated carbocycles. The Kier molecular flexibility index (Phi) is 2.55. The summed E-state index contributed by atoms with van der Waals surface area (Å²) >= 11 is 0. The van der Waals surface area contributed by atoms with E-state index in [1.54, 1.807) is 4.68 Å². The number of benzene rings is 1. The summed E-state index contributed by atoms with van der Waals surface area (Å²) in [6.45, 7) is 0.790. The van der Waals surface area contributed by atoms with E-state index in [1.807, 2.05) is 19.3 Å². The fraction of sp³-hybridized carbons (Fsp3) is 0.214. The van der Waals surface area contributed by atoms with Crippen LogP contribution in [0.5, 0.6) is 0 Å². The zero-order valence-corrected chi connectivity index (χ0v) is 10.6. The van der Waals surface area contributed by atoms with Gasteiger partial charge in [0.25, 0.3) is 0 Å². The van der Waals surface area contributed by atoms with E-state index < -0.39 is 0 Å². The number of nitrogens with zero attached hydrogens (tertiary/aromatic N) is 3. The normalized spacial score (nSPS) is 11.0. The first-order valence-corrected chi connectivity index (χ1v) is 6.00. The molecule has 0 amide bonds. The Morgan fingerprint density at radius 2 is 2.00 bits per heavy atom. The van der Waals surface area contributed by atoms with E-state index in [4.69, 9.17) is 0 Å². The number of rotatable bonds is 3. The smallest absolute Gasteiger partial charge is 0.148 e. The van der Waals surface area contributed by atoms with Crippen LogP contribution in [-0.4, -0.2) is 14.3 Å². The third kappa shape index (κ3) is 1.86. The van der Waals surface area contributed by atoms with E-state index in [0.29, 0.717) is 0 Å². The third-order valence-electron chi connectivity index (χ3n) is 3.15. The van der Waals surface area contributed by atoms with Crippen LogP contribution in [0.4, 0.5) is 5.82 Å². The van der Waals surface area contributed by atoms with Gasteiger partial charge in [0.15, 0.2) is 0 Å². The lowest BCUT2D eigenvalue weighted by molar-refractivity contribution is 0.768. The molecule has 92 valence electrons. The zero-order chi connectivity index (χ0) is 12.5. The van der Waals surface area contributed by atoms with E-state index in [1.165, 1.54) is 16.5 Å². The van der Waals surface area contributed by atoms with Gasteiger partial charge in [-0.25, -0.2) is 0 Å². The van der Waals surface area contributed by atoms with Gasteiger partial charge in [-0.15, -0.1) is 0 Å². The molecule has 0 fully saturated rings. The highest BCUT2D eigenvalue weighted by molar-refractivity contribution is 5.84. The minimum atomic E-state index is 0.790. The molecule has 1 aromatic carbocycles. The highest BCUT2D eigenvalue weighted by Crippen LogP contribution is 2.20. The number of hydrogen-bond acceptors (Lipinski definition) is 2. The molecule has 4 heteroatoms. The Hall–Kier alpha value is -2.23. The minimum absolute atomic E-state index is 0.790. The van der Waals surface area contributed by atoms with Crippen molar-refractivity contribution in [1.82, 2.24) is 14.3 Å². The SMILES string of the molecule is Cn1ccc(NCc2cn(C)c3ccccc23)n1. The largest absolute Gasteiger partial charge is 0.364 e. The maximum Gasteiger partial charge on any atom is 0.148 e. The third-order valence-corrected chi connectivity index (χ3v) is 3.15. The van der Waals surface area contributed by atoms with Crippen LogP contribution in [0.1, 0.15) is 5.56 Å². The maximum atomic E-state index is 4.31. The molecule has 3 aromatic rings. The van der Waals surface area contributed by atoms with Crippen molar-refractivity contribution in [3.8, 4) is 0 Å². The summed E-state index contributed by atoms with van der Waals surface area (Å²) in [5, 5.41) is 8.95. The molecule has 0 unspecified atom stereocenters. The molecular formula is C14H16N4. The van der Waals surface area contributed by atoms with E-state index >= 15 is 0 Å².